The van der Waals surface area contributed by atoms with E-state index in [1.54, 1.807) is 24.3 Å². The van der Waals surface area contributed by atoms with Gasteiger partial charge >= 0.3 is 5.97 Å². The van der Waals surface area contributed by atoms with E-state index in [1.165, 1.54) is 19.1 Å². The van der Waals surface area contributed by atoms with Crippen LogP contribution in [0, 0.1) is 0 Å². The van der Waals surface area contributed by atoms with Crippen LogP contribution in [0.4, 0.5) is 0 Å². The minimum atomic E-state index is -1.14. The molecule has 21 heavy (non-hydrogen) atoms. The number of halogens is 1. The highest BCUT2D eigenvalue weighted by molar-refractivity contribution is 6.30. The summed E-state index contributed by atoms with van der Waals surface area (Å²) in [4.78, 5) is 22.5. The van der Waals surface area contributed by atoms with Gasteiger partial charge in [0.05, 0.1) is 0 Å². The summed E-state index contributed by atoms with van der Waals surface area (Å²) in [5.41, 5.74) is 1.13. The Bertz CT molecular complexity index is 694. The van der Waals surface area contributed by atoms with E-state index in [0.717, 1.165) is 5.56 Å². The fraction of sp³-hybridized carbons (Fsp3) is 0.125. The highest BCUT2D eigenvalue weighted by Crippen LogP contribution is 2.22. The standard InChI is InChI=1S/C16H13ClO4/c1-10(18)12-5-6-15(14(8-12)16(19)20)21-9-11-3-2-4-13(17)7-11/h2-8H,9H2,1H3,(H,19,20). The Labute approximate surface area is 126 Å². The first-order chi connectivity index (χ1) is 9.97. The van der Waals surface area contributed by atoms with Gasteiger partial charge in [-0.3, -0.25) is 4.79 Å². The molecule has 0 fully saturated rings. The van der Waals surface area contributed by atoms with Crippen LogP contribution in [0.3, 0.4) is 0 Å². The molecule has 2 aromatic carbocycles. The zero-order valence-corrected chi connectivity index (χ0v) is 12.1. The lowest BCUT2D eigenvalue weighted by Crippen LogP contribution is -2.05. The molecule has 0 atom stereocenters. The number of rotatable bonds is 5. The third-order valence-corrected chi connectivity index (χ3v) is 3.13. The van der Waals surface area contributed by atoms with E-state index < -0.39 is 5.97 Å². The summed E-state index contributed by atoms with van der Waals surface area (Å²) in [5.74, 6) is -1.12. The molecule has 0 unspecified atom stereocenters. The molecule has 0 aliphatic carbocycles. The second kappa shape index (κ2) is 6.41. The number of carboxylic acids is 1. The van der Waals surface area contributed by atoms with Gasteiger partial charge in [0, 0.05) is 10.6 Å². The Morgan fingerprint density at radius 1 is 1.19 bits per heavy atom. The Balaban J connectivity index is 2.23. The SMILES string of the molecule is CC(=O)c1ccc(OCc2cccc(Cl)c2)c(C(=O)O)c1. The molecule has 0 saturated heterocycles. The third-order valence-electron chi connectivity index (χ3n) is 2.90. The van der Waals surface area contributed by atoms with Crippen LogP contribution in [0.15, 0.2) is 42.5 Å². The van der Waals surface area contributed by atoms with E-state index >= 15 is 0 Å². The molecule has 108 valence electrons. The molecule has 2 rings (SSSR count). The summed E-state index contributed by atoms with van der Waals surface area (Å²) in [7, 11) is 0. The molecule has 0 aliphatic rings. The minimum Gasteiger partial charge on any atom is -0.488 e. The van der Waals surface area contributed by atoms with Gasteiger partial charge in [0.1, 0.15) is 17.9 Å². The van der Waals surface area contributed by atoms with Crippen molar-refractivity contribution in [1.82, 2.24) is 0 Å². The largest absolute Gasteiger partial charge is 0.488 e. The minimum absolute atomic E-state index is 0.0373. The first kappa shape index (κ1) is 15.1. The smallest absolute Gasteiger partial charge is 0.339 e. The van der Waals surface area contributed by atoms with Gasteiger partial charge in [0.25, 0.3) is 0 Å². The molecule has 0 aliphatic heterocycles. The molecule has 0 aromatic heterocycles. The molecule has 0 saturated carbocycles. The monoisotopic (exact) mass is 304 g/mol. The van der Waals surface area contributed by atoms with Gasteiger partial charge in [-0.2, -0.15) is 0 Å². The van der Waals surface area contributed by atoms with Crippen molar-refractivity contribution >= 4 is 23.4 Å². The van der Waals surface area contributed by atoms with E-state index in [0.29, 0.717) is 10.6 Å². The predicted molar refractivity (Wildman–Crippen MR) is 79.2 cm³/mol. The average Bonchev–Trinajstić information content (AvgIpc) is 2.44. The van der Waals surface area contributed by atoms with Gasteiger partial charge in [0.2, 0.25) is 0 Å². The van der Waals surface area contributed by atoms with Crippen molar-refractivity contribution in [2.24, 2.45) is 0 Å². The maximum Gasteiger partial charge on any atom is 0.339 e. The van der Waals surface area contributed by atoms with Crippen LogP contribution in [0.5, 0.6) is 5.75 Å². The van der Waals surface area contributed by atoms with Crippen molar-refractivity contribution < 1.29 is 19.4 Å². The molecule has 0 spiro atoms. The van der Waals surface area contributed by atoms with Gasteiger partial charge in [-0.25, -0.2) is 4.79 Å². The van der Waals surface area contributed by atoms with Crippen molar-refractivity contribution in [3.8, 4) is 5.75 Å². The van der Waals surface area contributed by atoms with E-state index in [4.69, 9.17) is 16.3 Å². The lowest BCUT2D eigenvalue weighted by Gasteiger charge is -2.10. The molecule has 0 radical (unpaired) electrons. The van der Waals surface area contributed by atoms with Crippen molar-refractivity contribution in [1.29, 1.82) is 0 Å². The number of ether oxygens (including phenoxy) is 1. The van der Waals surface area contributed by atoms with E-state index in [2.05, 4.69) is 0 Å². The lowest BCUT2D eigenvalue weighted by molar-refractivity contribution is 0.0691. The number of hydrogen-bond acceptors (Lipinski definition) is 3. The van der Waals surface area contributed by atoms with Crippen LogP contribution in [0.25, 0.3) is 0 Å². The third kappa shape index (κ3) is 3.83. The normalized spacial score (nSPS) is 10.2. The molecule has 2 aromatic rings. The number of aromatic carboxylic acids is 1. The Hall–Kier alpha value is -2.33. The quantitative estimate of drug-likeness (QED) is 0.853. The van der Waals surface area contributed by atoms with E-state index in [1.807, 2.05) is 6.07 Å². The second-order valence-electron chi connectivity index (χ2n) is 4.49. The Morgan fingerprint density at radius 2 is 1.95 bits per heavy atom. The number of carboxylic acid groups (broad SMARTS) is 1. The number of carbonyl (C=O) groups is 2. The lowest BCUT2D eigenvalue weighted by atomic mass is 10.1. The maximum absolute atomic E-state index is 11.3. The fourth-order valence-corrected chi connectivity index (χ4v) is 2.04. The topological polar surface area (TPSA) is 63.6 Å². The summed E-state index contributed by atoms with van der Waals surface area (Å²) in [5, 5.41) is 9.79. The van der Waals surface area contributed by atoms with Gasteiger partial charge in [-0.05, 0) is 42.8 Å². The summed E-state index contributed by atoms with van der Waals surface area (Å²) in [6.45, 7) is 1.58. The molecule has 0 amide bonds. The molecule has 5 heteroatoms. The van der Waals surface area contributed by atoms with Crippen LogP contribution >= 0.6 is 11.6 Å². The van der Waals surface area contributed by atoms with Crippen molar-refractivity contribution in [3.05, 3.63) is 64.2 Å². The molecule has 1 N–H and O–H groups in total. The number of hydrogen-bond donors (Lipinski definition) is 1. The van der Waals surface area contributed by atoms with Crippen molar-refractivity contribution in [3.63, 3.8) is 0 Å². The molecule has 0 heterocycles. The van der Waals surface area contributed by atoms with E-state index in [9.17, 15) is 14.7 Å². The maximum atomic E-state index is 11.3. The number of ketones is 1. The summed E-state index contributed by atoms with van der Waals surface area (Å²) in [6, 6.07) is 11.5. The molecule has 0 bridgehead atoms. The first-order valence-corrected chi connectivity index (χ1v) is 6.60. The fourth-order valence-electron chi connectivity index (χ4n) is 1.83. The van der Waals surface area contributed by atoms with Gasteiger partial charge in [-0.15, -0.1) is 0 Å². The van der Waals surface area contributed by atoms with Crippen molar-refractivity contribution in [2.45, 2.75) is 13.5 Å². The predicted octanol–water partition coefficient (Wildman–Crippen LogP) is 3.82. The zero-order valence-electron chi connectivity index (χ0n) is 11.3. The summed E-state index contributed by atoms with van der Waals surface area (Å²) in [6.07, 6.45) is 0. The van der Waals surface area contributed by atoms with Crippen LogP contribution < -0.4 is 4.74 Å². The summed E-state index contributed by atoms with van der Waals surface area (Å²) >= 11 is 5.88. The average molecular weight is 305 g/mol. The van der Waals surface area contributed by atoms with Crippen molar-refractivity contribution in [2.75, 3.05) is 0 Å². The van der Waals surface area contributed by atoms with E-state index in [-0.39, 0.29) is 23.7 Å². The van der Waals surface area contributed by atoms with Crippen LogP contribution in [0.2, 0.25) is 5.02 Å². The highest BCUT2D eigenvalue weighted by atomic mass is 35.5. The number of Topliss-reactive ketones (excluding diaryl/α,β-unsaturated/α-hetero) is 1. The molecule has 4 nitrogen and oxygen atoms in total. The van der Waals surface area contributed by atoms with Gasteiger partial charge in [0.15, 0.2) is 5.78 Å². The number of benzene rings is 2. The second-order valence-corrected chi connectivity index (χ2v) is 4.93. The van der Waals surface area contributed by atoms with Crippen LogP contribution in [0.1, 0.15) is 33.2 Å². The van der Waals surface area contributed by atoms with Crippen LogP contribution in [-0.2, 0) is 6.61 Å². The first-order valence-electron chi connectivity index (χ1n) is 6.23. The number of carbonyl (C=O) groups excluding carboxylic acids is 1. The molecular weight excluding hydrogens is 292 g/mol. The van der Waals surface area contributed by atoms with Crippen LogP contribution in [-0.4, -0.2) is 16.9 Å². The zero-order chi connectivity index (χ0) is 15.4. The Kier molecular flexibility index (Phi) is 4.60. The Morgan fingerprint density at radius 3 is 2.57 bits per heavy atom. The highest BCUT2D eigenvalue weighted by Gasteiger charge is 2.14. The molecular formula is C16H13ClO4. The van der Waals surface area contributed by atoms with Gasteiger partial charge in [-0.1, -0.05) is 23.7 Å². The van der Waals surface area contributed by atoms with Gasteiger partial charge < -0.3 is 9.84 Å². The summed E-state index contributed by atoms with van der Waals surface area (Å²) < 4.78 is 5.52.